The van der Waals surface area contributed by atoms with Crippen LogP contribution in [0.1, 0.15) is 44.1 Å². The van der Waals surface area contributed by atoms with Gasteiger partial charge in [0.2, 0.25) is 5.91 Å². The fraction of sp³-hybridized carbons (Fsp3) is 0.611. The molecule has 1 amide bonds. The summed E-state index contributed by atoms with van der Waals surface area (Å²) in [5, 5.41) is 2.97. The number of carbonyl (C=O) groups excluding carboxylic acids is 1. The van der Waals surface area contributed by atoms with Crippen molar-refractivity contribution in [1.29, 1.82) is 0 Å². The lowest BCUT2D eigenvalue weighted by Gasteiger charge is -2.40. The molecule has 0 radical (unpaired) electrons. The Morgan fingerprint density at radius 1 is 1.32 bits per heavy atom. The first kappa shape index (κ1) is 15.5. The van der Waals surface area contributed by atoms with E-state index in [1.807, 2.05) is 12.1 Å². The van der Waals surface area contributed by atoms with Crippen LogP contribution < -0.4 is 5.32 Å². The third kappa shape index (κ3) is 3.49. The van der Waals surface area contributed by atoms with E-state index in [0.717, 1.165) is 19.6 Å². The van der Waals surface area contributed by atoms with Crippen molar-refractivity contribution in [3.63, 3.8) is 0 Å². The molecule has 22 heavy (non-hydrogen) atoms. The fourth-order valence-corrected chi connectivity index (χ4v) is 3.93. The monoisotopic (exact) mass is 304 g/mol. The maximum absolute atomic E-state index is 13.1. The summed E-state index contributed by atoms with van der Waals surface area (Å²) >= 11 is 0. The number of nitrogens with zero attached hydrogens (tertiary/aromatic N) is 1. The minimum Gasteiger partial charge on any atom is -0.356 e. The highest BCUT2D eigenvalue weighted by Gasteiger charge is 2.34. The Morgan fingerprint density at radius 2 is 2.09 bits per heavy atom. The summed E-state index contributed by atoms with van der Waals surface area (Å²) in [7, 11) is 0. The molecule has 3 nitrogen and oxygen atoms in total. The first-order valence-electron chi connectivity index (χ1n) is 8.39. The van der Waals surface area contributed by atoms with Gasteiger partial charge in [0, 0.05) is 31.5 Å². The molecule has 3 rings (SSSR count). The maximum atomic E-state index is 13.1. The maximum Gasteiger partial charge on any atom is 0.220 e. The molecule has 120 valence electrons. The van der Waals surface area contributed by atoms with E-state index >= 15 is 0 Å². The molecule has 0 aromatic heterocycles. The minimum absolute atomic E-state index is 0.178. The number of hydrogen-bond acceptors (Lipinski definition) is 2. The molecule has 0 aliphatic carbocycles. The molecule has 1 N–H and O–H groups in total. The average molecular weight is 304 g/mol. The van der Waals surface area contributed by atoms with Gasteiger partial charge in [-0.3, -0.25) is 9.69 Å². The molecule has 0 saturated carbocycles. The molecule has 2 aliphatic rings. The van der Waals surface area contributed by atoms with Crippen LogP contribution >= 0.6 is 0 Å². The number of piperidine rings is 1. The molecule has 3 atom stereocenters. The lowest BCUT2D eigenvalue weighted by Crippen LogP contribution is -2.46. The van der Waals surface area contributed by atoms with E-state index in [1.54, 1.807) is 12.1 Å². The summed E-state index contributed by atoms with van der Waals surface area (Å²) in [6, 6.07) is 7.37. The van der Waals surface area contributed by atoms with Crippen molar-refractivity contribution in [3.8, 4) is 0 Å². The van der Waals surface area contributed by atoms with Crippen LogP contribution in [0.15, 0.2) is 24.3 Å². The second-order valence-corrected chi connectivity index (χ2v) is 6.78. The van der Waals surface area contributed by atoms with Crippen LogP contribution in [0.4, 0.5) is 4.39 Å². The van der Waals surface area contributed by atoms with Gasteiger partial charge < -0.3 is 5.32 Å². The molecule has 0 spiro atoms. The summed E-state index contributed by atoms with van der Waals surface area (Å²) in [5.41, 5.74) is 1.19. The van der Waals surface area contributed by atoms with Crippen molar-refractivity contribution < 1.29 is 9.18 Å². The summed E-state index contributed by atoms with van der Waals surface area (Å²) in [6.45, 7) is 5.13. The van der Waals surface area contributed by atoms with E-state index in [4.69, 9.17) is 0 Å². The SMILES string of the molecule is C[C@H](CN1CCCC[C@H]1[C@@H]1CNC(=O)C1)c1ccc(F)cc1. The Morgan fingerprint density at radius 3 is 2.77 bits per heavy atom. The van der Waals surface area contributed by atoms with Crippen LogP contribution in [0, 0.1) is 11.7 Å². The van der Waals surface area contributed by atoms with Crippen molar-refractivity contribution in [2.75, 3.05) is 19.6 Å². The van der Waals surface area contributed by atoms with Gasteiger partial charge in [0.15, 0.2) is 0 Å². The van der Waals surface area contributed by atoms with Gasteiger partial charge >= 0.3 is 0 Å². The quantitative estimate of drug-likeness (QED) is 0.927. The van der Waals surface area contributed by atoms with E-state index in [-0.39, 0.29) is 11.7 Å². The highest BCUT2D eigenvalue weighted by Crippen LogP contribution is 2.29. The average Bonchev–Trinajstić information content (AvgIpc) is 2.95. The van der Waals surface area contributed by atoms with E-state index in [9.17, 15) is 9.18 Å². The molecule has 2 aliphatic heterocycles. The topological polar surface area (TPSA) is 32.3 Å². The van der Waals surface area contributed by atoms with Gasteiger partial charge in [-0.1, -0.05) is 25.5 Å². The first-order chi connectivity index (χ1) is 10.6. The summed E-state index contributed by atoms with van der Waals surface area (Å²) in [4.78, 5) is 14.1. The Bertz CT molecular complexity index is 516. The summed E-state index contributed by atoms with van der Waals surface area (Å²) in [6.07, 6.45) is 4.36. The summed E-state index contributed by atoms with van der Waals surface area (Å²) in [5.74, 6) is 0.851. The lowest BCUT2D eigenvalue weighted by atomic mass is 9.88. The lowest BCUT2D eigenvalue weighted by molar-refractivity contribution is -0.119. The van der Waals surface area contributed by atoms with Gasteiger partial charge in [-0.15, -0.1) is 0 Å². The van der Waals surface area contributed by atoms with Gasteiger partial charge in [-0.05, 0) is 43.0 Å². The molecule has 2 heterocycles. The predicted molar refractivity (Wildman–Crippen MR) is 85.1 cm³/mol. The van der Waals surface area contributed by atoms with Crippen molar-refractivity contribution in [2.45, 2.75) is 44.6 Å². The van der Waals surface area contributed by atoms with Crippen molar-refractivity contribution in [1.82, 2.24) is 10.2 Å². The first-order valence-corrected chi connectivity index (χ1v) is 8.39. The van der Waals surface area contributed by atoms with E-state index in [1.165, 1.54) is 24.8 Å². The predicted octanol–water partition coefficient (Wildman–Crippen LogP) is 2.92. The van der Waals surface area contributed by atoms with Crippen molar-refractivity contribution in [3.05, 3.63) is 35.6 Å². The number of benzene rings is 1. The van der Waals surface area contributed by atoms with Crippen LogP contribution in [0.2, 0.25) is 0 Å². The van der Waals surface area contributed by atoms with Crippen LogP contribution in [-0.4, -0.2) is 36.5 Å². The third-order valence-electron chi connectivity index (χ3n) is 5.16. The molecule has 1 aromatic rings. The number of nitrogens with one attached hydrogen (secondary N) is 1. The molecule has 0 bridgehead atoms. The third-order valence-corrected chi connectivity index (χ3v) is 5.16. The highest BCUT2D eigenvalue weighted by atomic mass is 19.1. The number of halogens is 1. The minimum atomic E-state index is -0.178. The highest BCUT2D eigenvalue weighted by molar-refractivity contribution is 5.78. The van der Waals surface area contributed by atoms with E-state index < -0.39 is 0 Å². The second kappa shape index (κ2) is 6.78. The zero-order chi connectivity index (χ0) is 15.5. The molecule has 0 unspecified atom stereocenters. The molecule has 4 heteroatoms. The Hall–Kier alpha value is -1.42. The molecular weight excluding hydrogens is 279 g/mol. The number of rotatable bonds is 4. The van der Waals surface area contributed by atoms with Crippen molar-refractivity contribution >= 4 is 5.91 Å². The number of carbonyl (C=O) groups is 1. The fourth-order valence-electron chi connectivity index (χ4n) is 3.93. The van der Waals surface area contributed by atoms with Crippen LogP contribution in [0.5, 0.6) is 0 Å². The Kier molecular flexibility index (Phi) is 4.77. The number of hydrogen-bond donors (Lipinski definition) is 1. The normalized spacial score (nSPS) is 27.6. The van der Waals surface area contributed by atoms with Crippen LogP contribution in [0.3, 0.4) is 0 Å². The van der Waals surface area contributed by atoms with E-state index in [0.29, 0.717) is 24.3 Å². The molecular formula is C18H25FN2O. The van der Waals surface area contributed by atoms with Crippen LogP contribution in [-0.2, 0) is 4.79 Å². The largest absolute Gasteiger partial charge is 0.356 e. The summed E-state index contributed by atoms with van der Waals surface area (Å²) < 4.78 is 13.1. The van der Waals surface area contributed by atoms with Gasteiger partial charge in [0.05, 0.1) is 0 Å². The molecule has 2 fully saturated rings. The van der Waals surface area contributed by atoms with Crippen LogP contribution in [0.25, 0.3) is 0 Å². The second-order valence-electron chi connectivity index (χ2n) is 6.78. The molecule has 1 aromatic carbocycles. The standard InChI is InChI=1S/C18H25FN2O/c1-13(14-5-7-16(19)8-6-14)12-21-9-3-2-4-17(21)15-10-18(22)20-11-15/h5-8,13,15,17H,2-4,9-12H2,1H3,(H,20,22)/t13-,15+,17+/m1/s1. The Balaban J connectivity index is 1.65. The van der Waals surface area contributed by atoms with Gasteiger partial charge in [-0.25, -0.2) is 4.39 Å². The van der Waals surface area contributed by atoms with Gasteiger partial charge in [0.1, 0.15) is 5.82 Å². The smallest absolute Gasteiger partial charge is 0.220 e. The zero-order valence-corrected chi connectivity index (χ0v) is 13.2. The zero-order valence-electron chi connectivity index (χ0n) is 13.2. The van der Waals surface area contributed by atoms with Crippen molar-refractivity contribution in [2.24, 2.45) is 5.92 Å². The van der Waals surface area contributed by atoms with Gasteiger partial charge in [-0.2, -0.15) is 0 Å². The number of amides is 1. The van der Waals surface area contributed by atoms with E-state index in [2.05, 4.69) is 17.1 Å². The molecule has 2 saturated heterocycles. The number of likely N-dealkylation sites (tertiary alicyclic amines) is 1. The Labute approximate surface area is 131 Å². The van der Waals surface area contributed by atoms with Gasteiger partial charge in [0.25, 0.3) is 0 Å².